The summed E-state index contributed by atoms with van der Waals surface area (Å²) in [5.74, 6) is -0.771. The average Bonchev–Trinajstić information content (AvgIpc) is 3.28. The molecule has 2 heterocycles. The summed E-state index contributed by atoms with van der Waals surface area (Å²) < 4.78 is 10.4. The number of ether oxygens (including phenoxy) is 2. The van der Waals surface area contributed by atoms with Crippen LogP contribution in [0.4, 0.5) is 0 Å². The smallest absolute Gasteiger partial charge is 0.269 e. The van der Waals surface area contributed by atoms with Crippen LogP contribution in [-0.4, -0.2) is 41.9 Å². The number of benzene rings is 1. The summed E-state index contributed by atoms with van der Waals surface area (Å²) in [6, 6.07) is 4.69. The molecule has 3 aliphatic rings. The molecule has 1 aromatic carbocycles. The highest BCUT2D eigenvalue weighted by atomic mass is 16.7. The summed E-state index contributed by atoms with van der Waals surface area (Å²) >= 11 is 0. The molecule has 0 bridgehead atoms. The molecule has 1 saturated carbocycles. The van der Waals surface area contributed by atoms with Gasteiger partial charge in [-0.25, -0.2) is 0 Å². The Kier molecular flexibility index (Phi) is 4.89. The summed E-state index contributed by atoms with van der Waals surface area (Å²) in [7, 11) is 0. The van der Waals surface area contributed by atoms with Gasteiger partial charge in [0.15, 0.2) is 11.5 Å². The molecular formula is C19H21N3O6. The molecule has 9 nitrogen and oxygen atoms in total. The molecule has 1 aliphatic carbocycles. The molecule has 2 aliphatic heterocycles. The summed E-state index contributed by atoms with van der Waals surface area (Å²) in [5.41, 5.74) is 4.92. The Bertz CT molecular complexity index is 815. The highest BCUT2D eigenvalue weighted by Crippen LogP contribution is 2.38. The van der Waals surface area contributed by atoms with Crippen LogP contribution in [0.5, 0.6) is 11.5 Å². The van der Waals surface area contributed by atoms with Gasteiger partial charge in [-0.15, -0.1) is 0 Å². The molecule has 1 saturated heterocycles. The predicted octanol–water partition coefficient (Wildman–Crippen LogP) is 0.742. The first-order valence-corrected chi connectivity index (χ1v) is 9.38. The third kappa shape index (κ3) is 3.39. The van der Waals surface area contributed by atoms with Crippen LogP contribution in [0.25, 0.3) is 0 Å². The minimum Gasteiger partial charge on any atom is -0.454 e. The number of fused-ring (bicyclic) bond motifs is 2. The molecule has 4 amide bonds. The van der Waals surface area contributed by atoms with E-state index in [0.717, 1.165) is 25.7 Å². The van der Waals surface area contributed by atoms with Gasteiger partial charge in [-0.1, -0.05) is 12.8 Å². The van der Waals surface area contributed by atoms with Crippen molar-refractivity contribution < 1.29 is 28.7 Å². The normalized spacial score (nSPS) is 22.8. The summed E-state index contributed by atoms with van der Waals surface area (Å²) in [6.45, 7) is 0.128. The van der Waals surface area contributed by atoms with Crippen molar-refractivity contribution in [3.05, 3.63) is 23.8 Å². The fraction of sp³-hybridized carbons (Fsp3) is 0.474. The molecule has 2 atom stereocenters. The van der Waals surface area contributed by atoms with Gasteiger partial charge in [0.1, 0.15) is 0 Å². The van der Waals surface area contributed by atoms with E-state index in [1.165, 1.54) is 11.0 Å². The van der Waals surface area contributed by atoms with Crippen LogP contribution in [0.15, 0.2) is 18.2 Å². The number of carbonyl (C=O) groups excluding carboxylic acids is 4. The van der Waals surface area contributed by atoms with Crippen LogP contribution in [0.3, 0.4) is 0 Å². The molecule has 0 radical (unpaired) electrons. The lowest BCUT2D eigenvalue weighted by Crippen LogP contribution is -2.43. The highest BCUT2D eigenvalue weighted by molar-refractivity contribution is 6.05. The first-order chi connectivity index (χ1) is 13.5. The zero-order valence-electron chi connectivity index (χ0n) is 15.2. The number of nitrogens with one attached hydrogen (secondary N) is 2. The lowest BCUT2D eigenvalue weighted by Gasteiger charge is -2.19. The first-order valence-electron chi connectivity index (χ1n) is 9.38. The van der Waals surface area contributed by atoms with Crippen molar-refractivity contribution >= 4 is 23.6 Å². The standard InChI is InChI=1S/C19H21N3O6/c23-16(7-8-22-18(25)12-3-1-2-4-13(12)19(22)26)20-21-17(24)11-5-6-14-15(9-11)28-10-27-14/h5-6,9,12-13H,1-4,7-8,10H2,(H,20,23)(H,21,24)/t12-,13-/m1/s1. The van der Waals surface area contributed by atoms with E-state index in [0.29, 0.717) is 17.1 Å². The fourth-order valence-corrected chi connectivity index (χ4v) is 3.96. The number of nitrogens with zero attached hydrogens (tertiary/aromatic N) is 1. The maximum atomic E-state index is 12.4. The molecular weight excluding hydrogens is 366 g/mol. The van der Waals surface area contributed by atoms with Gasteiger partial charge in [0.25, 0.3) is 5.91 Å². The fourth-order valence-electron chi connectivity index (χ4n) is 3.96. The van der Waals surface area contributed by atoms with Crippen LogP contribution in [-0.2, 0) is 14.4 Å². The van der Waals surface area contributed by atoms with Gasteiger partial charge >= 0.3 is 0 Å². The van der Waals surface area contributed by atoms with Crippen molar-refractivity contribution in [3.8, 4) is 11.5 Å². The molecule has 4 rings (SSSR count). The topological polar surface area (TPSA) is 114 Å². The number of hydrazine groups is 1. The Morgan fingerprint density at radius 3 is 2.39 bits per heavy atom. The van der Waals surface area contributed by atoms with E-state index in [1.807, 2.05) is 0 Å². The Hall–Kier alpha value is -3.10. The van der Waals surface area contributed by atoms with Gasteiger partial charge < -0.3 is 9.47 Å². The molecule has 28 heavy (non-hydrogen) atoms. The second kappa shape index (κ2) is 7.49. The van der Waals surface area contributed by atoms with Gasteiger partial charge in [0.2, 0.25) is 24.5 Å². The van der Waals surface area contributed by atoms with Crippen molar-refractivity contribution in [2.45, 2.75) is 32.1 Å². The van der Waals surface area contributed by atoms with E-state index < -0.39 is 11.8 Å². The van der Waals surface area contributed by atoms with Gasteiger partial charge in [-0.3, -0.25) is 34.9 Å². The van der Waals surface area contributed by atoms with E-state index >= 15 is 0 Å². The van der Waals surface area contributed by atoms with Crippen molar-refractivity contribution in [3.63, 3.8) is 0 Å². The van der Waals surface area contributed by atoms with E-state index in [1.54, 1.807) is 12.1 Å². The molecule has 0 aromatic heterocycles. The number of hydrogen-bond donors (Lipinski definition) is 2. The van der Waals surface area contributed by atoms with Crippen molar-refractivity contribution in [2.24, 2.45) is 11.8 Å². The summed E-state index contributed by atoms with van der Waals surface area (Å²) in [4.78, 5) is 50.1. The Morgan fingerprint density at radius 2 is 1.68 bits per heavy atom. The Labute approximate surface area is 161 Å². The van der Waals surface area contributed by atoms with Crippen molar-refractivity contribution in [1.29, 1.82) is 0 Å². The largest absolute Gasteiger partial charge is 0.454 e. The molecule has 148 valence electrons. The van der Waals surface area contributed by atoms with Crippen LogP contribution >= 0.6 is 0 Å². The lowest BCUT2D eigenvalue weighted by molar-refractivity contribution is -0.140. The number of amides is 4. The minimum atomic E-state index is -0.508. The average molecular weight is 387 g/mol. The third-order valence-corrected chi connectivity index (χ3v) is 5.45. The number of likely N-dealkylation sites (tertiary alicyclic amines) is 1. The first kappa shape index (κ1) is 18.3. The summed E-state index contributed by atoms with van der Waals surface area (Å²) in [6.07, 6.45) is 3.33. The predicted molar refractivity (Wildman–Crippen MR) is 95.0 cm³/mol. The quantitative estimate of drug-likeness (QED) is 0.582. The molecule has 0 unspecified atom stereocenters. The second-order valence-corrected chi connectivity index (χ2v) is 7.15. The van der Waals surface area contributed by atoms with Gasteiger partial charge in [-0.2, -0.15) is 0 Å². The monoisotopic (exact) mass is 387 g/mol. The van der Waals surface area contributed by atoms with Gasteiger partial charge in [-0.05, 0) is 31.0 Å². The van der Waals surface area contributed by atoms with Crippen LogP contribution < -0.4 is 20.3 Å². The maximum absolute atomic E-state index is 12.4. The zero-order valence-corrected chi connectivity index (χ0v) is 15.2. The van der Waals surface area contributed by atoms with Crippen LogP contribution in [0, 0.1) is 11.8 Å². The lowest BCUT2D eigenvalue weighted by atomic mass is 9.81. The Morgan fingerprint density at radius 1 is 1.00 bits per heavy atom. The zero-order chi connectivity index (χ0) is 19.7. The number of rotatable bonds is 4. The van der Waals surface area contributed by atoms with Gasteiger partial charge in [0.05, 0.1) is 11.8 Å². The number of hydrogen-bond acceptors (Lipinski definition) is 6. The van der Waals surface area contributed by atoms with E-state index in [2.05, 4.69) is 10.9 Å². The van der Waals surface area contributed by atoms with E-state index in [9.17, 15) is 19.2 Å². The van der Waals surface area contributed by atoms with Crippen LogP contribution in [0.2, 0.25) is 0 Å². The van der Waals surface area contributed by atoms with E-state index in [-0.39, 0.29) is 43.4 Å². The number of imide groups is 1. The maximum Gasteiger partial charge on any atom is 0.269 e. The summed E-state index contributed by atoms with van der Waals surface area (Å²) in [5, 5.41) is 0. The van der Waals surface area contributed by atoms with Crippen LogP contribution in [0.1, 0.15) is 42.5 Å². The SMILES string of the molecule is O=C(CCN1C(=O)[C@@H]2CCCC[C@H]2C1=O)NNC(=O)c1ccc2c(c1)OCO2. The molecule has 1 aromatic rings. The second-order valence-electron chi connectivity index (χ2n) is 7.15. The molecule has 0 spiro atoms. The highest BCUT2D eigenvalue weighted by Gasteiger charge is 2.47. The Balaban J connectivity index is 1.26. The van der Waals surface area contributed by atoms with Gasteiger partial charge in [0, 0.05) is 18.5 Å². The molecule has 2 N–H and O–H groups in total. The van der Waals surface area contributed by atoms with E-state index in [4.69, 9.17) is 9.47 Å². The molecule has 2 fully saturated rings. The minimum absolute atomic E-state index is 0.0242. The van der Waals surface area contributed by atoms with Crippen molar-refractivity contribution in [2.75, 3.05) is 13.3 Å². The van der Waals surface area contributed by atoms with Crippen molar-refractivity contribution in [1.82, 2.24) is 15.8 Å². The molecule has 9 heteroatoms. The third-order valence-electron chi connectivity index (χ3n) is 5.45. The number of carbonyl (C=O) groups is 4.